The van der Waals surface area contributed by atoms with Crippen molar-refractivity contribution in [3.8, 4) is 17.0 Å². The van der Waals surface area contributed by atoms with Crippen LogP contribution in [0.5, 0.6) is 5.75 Å². The summed E-state index contributed by atoms with van der Waals surface area (Å²) in [6.45, 7) is 2.20. The number of phenolic OH excluding ortho intramolecular Hbond substituents is 1. The highest BCUT2D eigenvalue weighted by molar-refractivity contribution is 7.89. The van der Waals surface area contributed by atoms with E-state index in [0.29, 0.717) is 19.4 Å². The number of aromatic nitrogens is 1. The van der Waals surface area contributed by atoms with Crippen molar-refractivity contribution in [2.75, 3.05) is 12.3 Å². The molecule has 0 spiro atoms. The number of nitrogens with one attached hydrogen (secondary N) is 1. The van der Waals surface area contributed by atoms with Crippen LogP contribution >= 0.6 is 11.3 Å². The lowest BCUT2D eigenvalue weighted by Crippen LogP contribution is -2.28. The highest BCUT2D eigenvalue weighted by Crippen LogP contribution is 2.23. The second kappa shape index (κ2) is 7.02. The lowest BCUT2D eigenvalue weighted by atomic mass is 10.2. The molecule has 7 heteroatoms. The van der Waals surface area contributed by atoms with Gasteiger partial charge in [0.25, 0.3) is 0 Å². The molecule has 0 saturated carbocycles. The lowest BCUT2D eigenvalue weighted by Gasteiger charge is -2.03. The minimum absolute atomic E-state index is 0.156. The Morgan fingerprint density at radius 3 is 2.67 bits per heavy atom. The molecule has 0 aliphatic rings. The molecule has 2 rings (SSSR count). The van der Waals surface area contributed by atoms with Gasteiger partial charge in [0, 0.05) is 23.9 Å². The third-order valence-electron chi connectivity index (χ3n) is 2.85. The van der Waals surface area contributed by atoms with E-state index in [1.54, 1.807) is 24.3 Å². The quantitative estimate of drug-likeness (QED) is 0.819. The molecule has 1 aromatic heterocycles. The van der Waals surface area contributed by atoms with Crippen LogP contribution in [0, 0.1) is 0 Å². The van der Waals surface area contributed by atoms with Crippen LogP contribution in [0.1, 0.15) is 18.4 Å². The number of nitrogens with zero attached hydrogens (tertiary/aromatic N) is 1. The van der Waals surface area contributed by atoms with Crippen molar-refractivity contribution in [2.45, 2.75) is 19.8 Å². The van der Waals surface area contributed by atoms with Gasteiger partial charge in [0.2, 0.25) is 10.0 Å². The van der Waals surface area contributed by atoms with Crippen molar-refractivity contribution in [1.29, 1.82) is 0 Å². The molecule has 0 aliphatic carbocycles. The van der Waals surface area contributed by atoms with Crippen LogP contribution in [0.25, 0.3) is 11.3 Å². The van der Waals surface area contributed by atoms with Gasteiger partial charge in [-0.3, -0.25) is 0 Å². The Hall–Kier alpha value is -1.44. The maximum absolute atomic E-state index is 11.5. The van der Waals surface area contributed by atoms with Gasteiger partial charge in [-0.1, -0.05) is 6.92 Å². The molecule has 1 heterocycles. The molecule has 0 radical (unpaired) electrons. The number of hydrogen-bond donors (Lipinski definition) is 2. The van der Waals surface area contributed by atoms with Crippen molar-refractivity contribution in [3.05, 3.63) is 34.7 Å². The first-order valence-corrected chi connectivity index (χ1v) is 9.24. The van der Waals surface area contributed by atoms with Gasteiger partial charge in [0.05, 0.1) is 16.5 Å². The summed E-state index contributed by atoms with van der Waals surface area (Å²) in [5, 5.41) is 12.1. The van der Waals surface area contributed by atoms with Crippen molar-refractivity contribution < 1.29 is 13.5 Å². The summed E-state index contributed by atoms with van der Waals surface area (Å²) in [5.74, 6) is 0.378. The van der Waals surface area contributed by atoms with Crippen molar-refractivity contribution >= 4 is 21.4 Å². The first kappa shape index (κ1) is 15.9. The fourth-order valence-electron chi connectivity index (χ4n) is 1.84. The van der Waals surface area contributed by atoms with Crippen LogP contribution in [-0.2, 0) is 16.4 Å². The number of aromatic hydroxyl groups is 1. The van der Waals surface area contributed by atoms with Gasteiger partial charge < -0.3 is 5.11 Å². The molecule has 0 bridgehead atoms. The molecule has 0 fully saturated rings. The summed E-state index contributed by atoms with van der Waals surface area (Å²) in [7, 11) is -3.15. The average Bonchev–Trinajstić information content (AvgIpc) is 2.88. The Labute approximate surface area is 128 Å². The molecule has 0 aliphatic heterocycles. The molecule has 0 amide bonds. The van der Waals surface area contributed by atoms with Gasteiger partial charge in [-0.25, -0.2) is 18.1 Å². The van der Waals surface area contributed by atoms with Gasteiger partial charge in [0.15, 0.2) is 0 Å². The van der Waals surface area contributed by atoms with E-state index in [9.17, 15) is 13.5 Å². The topological polar surface area (TPSA) is 79.3 Å². The molecule has 2 aromatic rings. The van der Waals surface area contributed by atoms with Crippen molar-refractivity contribution in [2.24, 2.45) is 0 Å². The van der Waals surface area contributed by atoms with Crippen molar-refractivity contribution in [3.63, 3.8) is 0 Å². The van der Waals surface area contributed by atoms with Crippen LogP contribution in [-0.4, -0.2) is 30.8 Å². The molecule has 21 heavy (non-hydrogen) atoms. The van der Waals surface area contributed by atoms with Crippen LogP contribution in [0.3, 0.4) is 0 Å². The van der Waals surface area contributed by atoms with E-state index in [0.717, 1.165) is 16.3 Å². The Morgan fingerprint density at radius 2 is 2.00 bits per heavy atom. The monoisotopic (exact) mass is 326 g/mol. The number of hydrogen-bond acceptors (Lipinski definition) is 5. The Kier molecular flexibility index (Phi) is 5.33. The van der Waals surface area contributed by atoms with Crippen LogP contribution < -0.4 is 4.72 Å². The normalized spacial score (nSPS) is 11.7. The SMILES string of the molecule is CCCS(=O)(=O)NCCc1nc(-c2ccc(O)cc2)cs1. The van der Waals surface area contributed by atoms with E-state index >= 15 is 0 Å². The first-order chi connectivity index (χ1) is 10.00. The van der Waals surface area contributed by atoms with E-state index in [1.807, 2.05) is 12.3 Å². The van der Waals surface area contributed by atoms with Gasteiger partial charge in [-0.05, 0) is 30.7 Å². The minimum Gasteiger partial charge on any atom is -0.508 e. The Morgan fingerprint density at radius 1 is 1.29 bits per heavy atom. The summed E-state index contributed by atoms with van der Waals surface area (Å²) >= 11 is 1.50. The van der Waals surface area contributed by atoms with Gasteiger partial charge in [-0.15, -0.1) is 11.3 Å². The van der Waals surface area contributed by atoms with Crippen molar-refractivity contribution in [1.82, 2.24) is 9.71 Å². The second-order valence-corrected chi connectivity index (χ2v) is 7.51. The maximum Gasteiger partial charge on any atom is 0.211 e. The predicted octanol–water partition coefficient (Wildman–Crippen LogP) is 2.39. The van der Waals surface area contributed by atoms with E-state index in [1.165, 1.54) is 11.3 Å². The lowest BCUT2D eigenvalue weighted by molar-refractivity contribution is 0.475. The van der Waals surface area contributed by atoms with Gasteiger partial charge >= 0.3 is 0 Å². The second-order valence-electron chi connectivity index (χ2n) is 4.64. The zero-order valence-corrected chi connectivity index (χ0v) is 13.4. The summed E-state index contributed by atoms with van der Waals surface area (Å²) in [5.41, 5.74) is 1.77. The molecule has 0 atom stereocenters. The zero-order chi connectivity index (χ0) is 15.3. The molecular formula is C14H18N2O3S2. The molecule has 5 nitrogen and oxygen atoms in total. The summed E-state index contributed by atoms with van der Waals surface area (Å²) < 4.78 is 25.6. The molecule has 1 aromatic carbocycles. The zero-order valence-electron chi connectivity index (χ0n) is 11.7. The third-order valence-corrected chi connectivity index (χ3v) is 5.35. The molecule has 114 valence electrons. The molecule has 2 N–H and O–H groups in total. The van der Waals surface area contributed by atoms with E-state index in [4.69, 9.17) is 0 Å². The van der Waals surface area contributed by atoms with E-state index in [2.05, 4.69) is 9.71 Å². The number of thiazole rings is 1. The van der Waals surface area contributed by atoms with Gasteiger partial charge in [0.1, 0.15) is 5.75 Å². The number of sulfonamides is 1. The molecular weight excluding hydrogens is 308 g/mol. The van der Waals surface area contributed by atoms with E-state index < -0.39 is 10.0 Å². The highest BCUT2D eigenvalue weighted by atomic mass is 32.2. The maximum atomic E-state index is 11.5. The fraction of sp³-hybridized carbons (Fsp3) is 0.357. The fourth-order valence-corrected chi connectivity index (χ4v) is 3.75. The third kappa shape index (κ3) is 4.80. The number of benzene rings is 1. The summed E-state index contributed by atoms with van der Waals surface area (Å²) in [4.78, 5) is 4.48. The molecule has 0 saturated heterocycles. The van der Waals surface area contributed by atoms with Crippen LogP contribution in [0.2, 0.25) is 0 Å². The van der Waals surface area contributed by atoms with Gasteiger partial charge in [-0.2, -0.15) is 0 Å². The average molecular weight is 326 g/mol. The standard InChI is InChI=1S/C14H18N2O3S2/c1-2-9-21(18,19)15-8-7-14-16-13(10-20-14)11-3-5-12(17)6-4-11/h3-6,10,15,17H,2,7-9H2,1H3. The first-order valence-electron chi connectivity index (χ1n) is 6.71. The largest absolute Gasteiger partial charge is 0.508 e. The van der Waals surface area contributed by atoms with Crippen LogP contribution in [0.15, 0.2) is 29.6 Å². The smallest absolute Gasteiger partial charge is 0.211 e. The predicted molar refractivity (Wildman–Crippen MR) is 85.0 cm³/mol. The summed E-state index contributed by atoms with van der Waals surface area (Å²) in [6.07, 6.45) is 1.18. The Bertz CT molecular complexity index is 678. The minimum atomic E-state index is -3.15. The van der Waals surface area contributed by atoms with Crippen LogP contribution in [0.4, 0.5) is 0 Å². The Balaban J connectivity index is 1.93. The highest BCUT2D eigenvalue weighted by Gasteiger charge is 2.09. The number of rotatable bonds is 7. The number of phenols is 1. The summed E-state index contributed by atoms with van der Waals surface area (Å²) in [6, 6.07) is 6.84. The molecule has 0 unspecified atom stereocenters. The van der Waals surface area contributed by atoms with E-state index in [-0.39, 0.29) is 11.5 Å².